The lowest BCUT2D eigenvalue weighted by Gasteiger charge is -2.13. The number of halogens is 2. The minimum atomic E-state index is -3.47. The summed E-state index contributed by atoms with van der Waals surface area (Å²) in [6.45, 7) is 1.55. The van der Waals surface area contributed by atoms with Gasteiger partial charge < -0.3 is 9.47 Å². The van der Waals surface area contributed by atoms with E-state index >= 15 is 0 Å². The van der Waals surface area contributed by atoms with Crippen LogP contribution in [0.1, 0.15) is 13.8 Å². The van der Waals surface area contributed by atoms with Crippen molar-refractivity contribution in [3.05, 3.63) is 36.5 Å². The number of pyridine rings is 1. The Morgan fingerprint density at radius 1 is 1.16 bits per heavy atom. The van der Waals surface area contributed by atoms with Crippen LogP contribution in [-0.2, 0) is 9.84 Å². The van der Waals surface area contributed by atoms with E-state index < -0.39 is 22.4 Å². The lowest BCUT2D eigenvalue weighted by Crippen LogP contribution is -2.20. The second-order valence-electron chi connectivity index (χ2n) is 5.50. The molecule has 5 nitrogen and oxygen atoms in total. The second-order valence-corrected chi connectivity index (χ2v) is 7.75. The predicted molar refractivity (Wildman–Crippen MR) is 90.1 cm³/mol. The first kappa shape index (κ1) is 19.1. The first-order valence-corrected chi connectivity index (χ1v) is 9.19. The minimum Gasteiger partial charge on any atom is -0.497 e. The second kappa shape index (κ2) is 7.35. The molecular weight excluding hydrogens is 352 g/mol. The highest BCUT2D eigenvalue weighted by atomic mass is 32.2. The molecule has 0 N–H and O–H groups in total. The van der Waals surface area contributed by atoms with E-state index in [4.69, 9.17) is 9.47 Å². The van der Waals surface area contributed by atoms with Gasteiger partial charge in [0.1, 0.15) is 11.5 Å². The quantitative estimate of drug-likeness (QED) is 0.744. The fourth-order valence-corrected chi connectivity index (χ4v) is 3.18. The summed E-state index contributed by atoms with van der Waals surface area (Å²) in [5, 5.41) is 0. The molecule has 0 spiro atoms. The number of alkyl halides is 2. The van der Waals surface area contributed by atoms with Crippen LogP contribution >= 0.6 is 0 Å². The van der Waals surface area contributed by atoms with E-state index in [1.807, 2.05) is 0 Å². The van der Waals surface area contributed by atoms with Crippen molar-refractivity contribution in [2.45, 2.75) is 24.7 Å². The van der Waals surface area contributed by atoms with Crippen molar-refractivity contribution in [2.75, 3.05) is 19.5 Å². The number of nitrogens with zero attached hydrogens (tertiary/aromatic N) is 1. The van der Waals surface area contributed by atoms with Crippen molar-refractivity contribution in [1.82, 2.24) is 4.98 Å². The number of benzene rings is 1. The maximum Gasteiger partial charge on any atom is 0.278 e. The van der Waals surface area contributed by atoms with Gasteiger partial charge in [-0.15, -0.1) is 0 Å². The fraction of sp³-hybridized carbons (Fsp3) is 0.353. The summed E-state index contributed by atoms with van der Waals surface area (Å²) in [5.74, 6) is -2.35. The van der Waals surface area contributed by atoms with E-state index in [2.05, 4.69) is 4.98 Å². The van der Waals surface area contributed by atoms with Gasteiger partial charge in [-0.1, -0.05) is 6.92 Å². The molecule has 0 fully saturated rings. The molecule has 0 saturated carbocycles. The highest BCUT2D eigenvalue weighted by molar-refractivity contribution is 7.91. The number of rotatable bonds is 7. The van der Waals surface area contributed by atoms with Crippen LogP contribution in [0.5, 0.6) is 11.5 Å². The van der Waals surface area contributed by atoms with Gasteiger partial charge in [0.25, 0.3) is 5.92 Å². The SMILES string of the molecule is CCS(=O)(=O)c1ccc(OC)cc1-c1ccc(OCC(C)(F)F)cn1. The van der Waals surface area contributed by atoms with Crippen molar-refractivity contribution in [3.8, 4) is 22.8 Å². The van der Waals surface area contributed by atoms with Gasteiger partial charge in [0, 0.05) is 12.5 Å². The molecule has 0 amide bonds. The van der Waals surface area contributed by atoms with Gasteiger partial charge in [-0.2, -0.15) is 0 Å². The van der Waals surface area contributed by atoms with Crippen LogP contribution in [0.25, 0.3) is 11.3 Å². The summed E-state index contributed by atoms with van der Waals surface area (Å²) in [6, 6.07) is 7.59. The molecule has 0 atom stereocenters. The highest BCUT2D eigenvalue weighted by Crippen LogP contribution is 2.31. The van der Waals surface area contributed by atoms with Gasteiger partial charge in [-0.25, -0.2) is 17.2 Å². The monoisotopic (exact) mass is 371 g/mol. The van der Waals surface area contributed by atoms with Gasteiger partial charge in [-0.3, -0.25) is 4.98 Å². The van der Waals surface area contributed by atoms with E-state index in [-0.39, 0.29) is 16.4 Å². The molecule has 0 unspecified atom stereocenters. The maximum atomic E-state index is 12.8. The minimum absolute atomic E-state index is 0.0564. The Hall–Kier alpha value is -2.22. The zero-order valence-electron chi connectivity index (χ0n) is 14.1. The van der Waals surface area contributed by atoms with Crippen LogP contribution in [0, 0.1) is 0 Å². The summed E-state index contributed by atoms with van der Waals surface area (Å²) >= 11 is 0. The van der Waals surface area contributed by atoms with E-state index in [9.17, 15) is 17.2 Å². The lowest BCUT2D eigenvalue weighted by atomic mass is 10.1. The number of hydrogen-bond acceptors (Lipinski definition) is 5. The summed E-state index contributed by atoms with van der Waals surface area (Å²) in [7, 11) is -1.99. The molecule has 1 aromatic carbocycles. The lowest BCUT2D eigenvalue weighted by molar-refractivity contribution is -0.0230. The highest BCUT2D eigenvalue weighted by Gasteiger charge is 2.22. The smallest absolute Gasteiger partial charge is 0.278 e. The predicted octanol–water partition coefficient (Wildman–Crippen LogP) is 3.58. The number of ether oxygens (including phenoxy) is 2. The Morgan fingerprint density at radius 2 is 1.84 bits per heavy atom. The zero-order chi connectivity index (χ0) is 18.7. The number of hydrogen-bond donors (Lipinski definition) is 0. The molecule has 0 aliphatic heterocycles. The van der Waals surface area contributed by atoms with Crippen molar-refractivity contribution in [3.63, 3.8) is 0 Å². The molecule has 2 rings (SSSR count). The van der Waals surface area contributed by atoms with Crippen LogP contribution in [-0.4, -0.2) is 38.8 Å². The molecule has 8 heteroatoms. The van der Waals surface area contributed by atoms with Gasteiger partial charge >= 0.3 is 0 Å². The molecule has 136 valence electrons. The maximum absolute atomic E-state index is 12.8. The number of methoxy groups -OCH3 is 1. The summed E-state index contributed by atoms with van der Waals surface area (Å²) in [6.07, 6.45) is 1.28. The average molecular weight is 371 g/mol. The molecule has 0 saturated heterocycles. The molecule has 0 aliphatic carbocycles. The van der Waals surface area contributed by atoms with E-state index in [0.717, 1.165) is 6.92 Å². The third kappa shape index (κ3) is 4.88. The van der Waals surface area contributed by atoms with E-state index in [1.165, 1.54) is 31.5 Å². The standard InChI is InChI=1S/C17H19F2NO4S/c1-4-25(21,22)16-8-6-12(23-3)9-14(16)15-7-5-13(10-20-15)24-11-17(2,18)19/h5-10H,4,11H2,1-3H3. The van der Waals surface area contributed by atoms with Crippen LogP contribution in [0.15, 0.2) is 41.4 Å². The van der Waals surface area contributed by atoms with Crippen LogP contribution in [0.2, 0.25) is 0 Å². The first-order chi connectivity index (χ1) is 11.7. The van der Waals surface area contributed by atoms with Crippen molar-refractivity contribution < 1.29 is 26.7 Å². The molecular formula is C17H19F2NO4S. The third-order valence-corrected chi connectivity index (χ3v) is 5.19. The molecule has 0 radical (unpaired) electrons. The van der Waals surface area contributed by atoms with Crippen molar-refractivity contribution in [2.24, 2.45) is 0 Å². The van der Waals surface area contributed by atoms with Crippen LogP contribution in [0.3, 0.4) is 0 Å². The van der Waals surface area contributed by atoms with Gasteiger partial charge in [0.05, 0.1) is 29.6 Å². The summed E-state index contributed by atoms with van der Waals surface area (Å²) < 4.78 is 60.4. The topological polar surface area (TPSA) is 65.5 Å². The number of sulfone groups is 1. The normalized spacial score (nSPS) is 12.0. The van der Waals surface area contributed by atoms with E-state index in [1.54, 1.807) is 19.1 Å². The average Bonchev–Trinajstić information content (AvgIpc) is 2.59. The largest absolute Gasteiger partial charge is 0.497 e. The van der Waals surface area contributed by atoms with Crippen molar-refractivity contribution in [1.29, 1.82) is 0 Å². The van der Waals surface area contributed by atoms with Crippen LogP contribution in [0.4, 0.5) is 8.78 Å². The Morgan fingerprint density at radius 3 is 2.36 bits per heavy atom. The Balaban J connectivity index is 2.40. The summed E-state index contributed by atoms with van der Waals surface area (Å²) in [5.41, 5.74) is 0.759. The summed E-state index contributed by atoms with van der Waals surface area (Å²) in [4.78, 5) is 4.28. The van der Waals surface area contributed by atoms with Crippen LogP contribution < -0.4 is 9.47 Å². The van der Waals surface area contributed by atoms with Gasteiger partial charge in [0.15, 0.2) is 16.4 Å². The van der Waals surface area contributed by atoms with Gasteiger partial charge in [-0.05, 0) is 30.3 Å². The third-order valence-electron chi connectivity index (χ3n) is 3.41. The molecule has 25 heavy (non-hydrogen) atoms. The molecule has 0 aliphatic rings. The Bertz CT molecular complexity index is 831. The molecule has 2 aromatic rings. The van der Waals surface area contributed by atoms with E-state index in [0.29, 0.717) is 17.0 Å². The molecule has 1 heterocycles. The Labute approximate surface area is 145 Å². The fourth-order valence-electron chi connectivity index (χ4n) is 2.10. The first-order valence-electron chi connectivity index (χ1n) is 7.54. The van der Waals surface area contributed by atoms with Gasteiger partial charge in [0.2, 0.25) is 0 Å². The van der Waals surface area contributed by atoms with Crippen molar-refractivity contribution >= 4 is 9.84 Å². The molecule has 1 aromatic heterocycles. The zero-order valence-corrected chi connectivity index (χ0v) is 14.9. The molecule has 0 bridgehead atoms. The number of aromatic nitrogens is 1. The Kier molecular flexibility index (Phi) is 5.62.